The van der Waals surface area contributed by atoms with Crippen molar-refractivity contribution in [3.8, 4) is 0 Å². The molecule has 0 spiro atoms. The van der Waals surface area contributed by atoms with Gasteiger partial charge in [-0.3, -0.25) is 0 Å². The average molecular weight is 366 g/mol. The second kappa shape index (κ2) is 6.94. The van der Waals surface area contributed by atoms with Crippen LogP contribution in [0, 0.1) is 0 Å². The third kappa shape index (κ3) is 4.56. The number of pyridine rings is 1. The summed E-state index contributed by atoms with van der Waals surface area (Å²) in [7, 11) is -3.62. The summed E-state index contributed by atoms with van der Waals surface area (Å²) in [5.74, 6) is 0. The quantitative estimate of drug-likeness (QED) is 0.824. The molecule has 0 fully saturated rings. The van der Waals surface area contributed by atoms with Crippen molar-refractivity contribution in [1.29, 1.82) is 0 Å². The average Bonchev–Trinajstić information content (AvgIpc) is 2.41. The van der Waals surface area contributed by atoms with E-state index >= 15 is 0 Å². The van der Waals surface area contributed by atoms with Crippen LogP contribution in [0.1, 0.15) is 5.56 Å². The summed E-state index contributed by atoms with van der Waals surface area (Å²) in [4.78, 5) is 3.82. The predicted molar refractivity (Wildman–Crippen MR) is 84.6 cm³/mol. The molecule has 0 bridgehead atoms. The van der Waals surface area contributed by atoms with E-state index < -0.39 is 10.0 Å². The minimum atomic E-state index is -3.62. The Labute approximate surface area is 138 Å². The molecule has 0 aliphatic carbocycles. The monoisotopic (exact) mass is 364 g/mol. The fourth-order valence-corrected chi connectivity index (χ4v) is 3.47. The number of nitrogens with zero attached hydrogens (tertiary/aromatic N) is 1. The van der Waals surface area contributed by atoms with Crippen LogP contribution in [-0.4, -0.2) is 19.9 Å². The van der Waals surface area contributed by atoms with Crippen molar-refractivity contribution in [2.45, 2.75) is 11.3 Å². The van der Waals surface area contributed by atoms with Crippen LogP contribution in [0.2, 0.25) is 15.2 Å². The number of hydrogen-bond acceptors (Lipinski definition) is 3. The number of rotatable bonds is 5. The lowest BCUT2D eigenvalue weighted by Crippen LogP contribution is -2.26. The second-order valence-electron chi connectivity index (χ2n) is 4.20. The van der Waals surface area contributed by atoms with Gasteiger partial charge < -0.3 is 0 Å². The molecule has 21 heavy (non-hydrogen) atoms. The zero-order valence-corrected chi connectivity index (χ0v) is 13.8. The summed E-state index contributed by atoms with van der Waals surface area (Å²) < 4.78 is 26.6. The van der Waals surface area contributed by atoms with E-state index in [4.69, 9.17) is 34.8 Å². The SMILES string of the molecule is O=S(=O)(NCCc1ccc(Cl)cc1Cl)c1ccnc(Cl)c1. The van der Waals surface area contributed by atoms with Gasteiger partial charge >= 0.3 is 0 Å². The van der Waals surface area contributed by atoms with Crippen LogP contribution in [0.3, 0.4) is 0 Å². The van der Waals surface area contributed by atoms with Crippen LogP contribution >= 0.6 is 34.8 Å². The first-order chi connectivity index (χ1) is 9.88. The van der Waals surface area contributed by atoms with E-state index in [1.807, 2.05) is 0 Å². The summed E-state index contributed by atoms with van der Waals surface area (Å²) in [5.41, 5.74) is 0.816. The van der Waals surface area contributed by atoms with Gasteiger partial charge in [-0.25, -0.2) is 18.1 Å². The molecule has 1 aromatic heterocycles. The third-order valence-corrected chi connectivity index (χ3v) is 4.96. The first-order valence-corrected chi connectivity index (χ1v) is 8.55. The van der Waals surface area contributed by atoms with Gasteiger partial charge in [-0.05, 0) is 36.2 Å². The lowest BCUT2D eigenvalue weighted by Gasteiger charge is -2.08. The van der Waals surface area contributed by atoms with Gasteiger partial charge in [0.05, 0.1) is 4.90 Å². The molecule has 1 heterocycles. The molecule has 1 N–H and O–H groups in total. The van der Waals surface area contributed by atoms with Gasteiger partial charge in [-0.1, -0.05) is 40.9 Å². The molecule has 0 amide bonds. The van der Waals surface area contributed by atoms with Crippen molar-refractivity contribution in [2.75, 3.05) is 6.54 Å². The summed E-state index contributed by atoms with van der Waals surface area (Å²) >= 11 is 17.5. The molecule has 2 rings (SSSR count). The molecule has 2 aromatic rings. The Balaban J connectivity index is 2.02. The number of sulfonamides is 1. The van der Waals surface area contributed by atoms with Crippen LogP contribution in [0.5, 0.6) is 0 Å². The predicted octanol–water partition coefficient (Wildman–Crippen LogP) is 3.56. The molecule has 8 heteroatoms. The normalized spacial score (nSPS) is 11.6. The molecule has 0 saturated heterocycles. The molecular formula is C13H11Cl3N2O2S. The molecule has 0 aliphatic heterocycles. The fourth-order valence-electron chi connectivity index (χ4n) is 1.68. The maximum absolute atomic E-state index is 12.1. The lowest BCUT2D eigenvalue weighted by atomic mass is 10.1. The Morgan fingerprint density at radius 1 is 1.10 bits per heavy atom. The highest BCUT2D eigenvalue weighted by atomic mass is 35.5. The minimum absolute atomic E-state index is 0.0738. The molecule has 0 aliphatic rings. The van der Waals surface area contributed by atoms with Crippen LogP contribution in [-0.2, 0) is 16.4 Å². The standard InChI is InChI=1S/C13H11Cl3N2O2S/c14-10-2-1-9(12(15)7-10)3-6-18-21(19,20)11-4-5-17-13(16)8-11/h1-2,4-5,7-8,18H,3,6H2. The van der Waals surface area contributed by atoms with E-state index in [0.717, 1.165) is 5.56 Å². The minimum Gasteiger partial charge on any atom is -0.244 e. The smallest absolute Gasteiger partial charge is 0.240 e. The Bertz CT molecular complexity index is 751. The zero-order valence-electron chi connectivity index (χ0n) is 10.7. The van der Waals surface area contributed by atoms with Crippen LogP contribution in [0.15, 0.2) is 41.4 Å². The number of halogens is 3. The largest absolute Gasteiger partial charge is 0.244 e. The molecule has 0 atom stereocenters. The molecule has 112 valence electrons. The number of nitrogens with one attached hydrogen (secondary N) is 1. The van der Waals surface area contributed by atoms with Gasteiger partial charge in [0, 0.05) is 22.8 Å². The highest BCUT2D eigenvalue weighted by Crippen LogP contribution is 2.21. The number of hydrogen-bond donors (Lipinski definition) is 1. The van der Waals surface area contributed by atoms with Crippen molar-refractivity contribution in [2.24, 2.45) is 0 Å². The Hall–Kier alpha value is -0.850. The van der Waals surface area contributed by atoms with E-state index in [1.165, 1.54) is 18.3 Å². The molecule has 1 aromatic carbocycles. The van der Waals surface area contributed by atoms with E-state index in [9.17, 15) is 8.42 Å². The summed E-state index contributed by atoms with van der Waals surface area (Å²) in [5, 5.41) is 1.17. The third-order valence-electron chi connectivity index (χ3n) is 2.71. The van der Waals surface area contributed by atoms with Crippen LogP contribution < -0.4 is 4.72 Å². The molecule has 0 unspecified atom stereocenters. The van der Waals surface area contributed by atoms with Crippen molar-refractivity contribution in [3.63, 3.8) is 0 Å². The van der Waals surface area contributed by atoms with E-state index in [1.54, 1.807) is 18.2 Å². The van der Waals surface area contributed by atoms with Gasteiger partial charge in [-0.2, -0.15) is 0 Å². The van der Waals surface area contributed by atoms with Crippen LogP contribution in [0.25, 0.3) is 0 Å². The lowest BCUT2D eigenvalue weighted by molar-refractivity contribution is 0.581. The maximum atomic E-state index is 12.1. The Morgan fingerprint density at radius 2 is 1.86 bits per heavy atom. The molecule has 4 nitrogen and oxygen atoms in total. The topological polar surface area (TPSA) is 59.1 Å². The van der Waals surface area contributed by atoms with Gasteiger partial charge in [-0.15, -0.1) is 0 Å². The molecule has 0 radical (unpaired) electrons. The first kappa shape index (κ1) is 16.5. The Kier molecular flexibility index (Phi) is 5.46. The summed E-state index contributed by atoms with van der Waals surface area (Å²) in [6.07, 6.45) is 1.79. The summed E-state index contributed by atoms with van der Waals surface area (Å²) in [6, 6.07) is 7.76. The number of aromatic nitrogens is 1. The molecule has 0 saturated carbocycles. The maximum Gasteiger partial charge on any atom is 0.240 e. The second-order valence-corrected chi connectivity index (χ2v) is 7.20. The van der Waals surface area contributed by atoms with Gasteiger partial charge in [0.25, 0.3) is 0 Å². The van der Waals surface area contributed by atoms with Crippen molar-refractivity contribution in [3.05, 3.63) is 57.3 Å². The number of benzene rings is 1. The van der Waals surface area contributed by atoms with E-state index in [0.29, 0.717) is 16.5 Å². The van der Waals surface area contributed by atoms with Crippen molar-refractivity contribution >= 4 is 44.8 Å². The van der Waals surface area contributed by atoms with Crippen LogP contribution in [0.4, 0.5) is 0 Å². The van der Waals surface area contributed by atoms with Crippen molar-refractivity contribution in [1.82, 2.24) is 9.71 Å². The van der Waals surface area contributed by atoms with Gasteiger partial charge in [0.2, 0.25) is 10.0 Å². The summed E-state index contributed by atoms with van der Waals surface area (Å²) in [6.45, 7) is 0.212. The molecular weight excluding hydrogens is 355 g/mol. The van der Waals surface area contributed by atoms with Gasteiger partial charge in [0.1, 0.15) is 5.15 Å². The first-order valence-electron chi connectivity index (χ1n) is 5.93. The fraction of sp³-hybridized carbons (Fsp3) is 0.154. The zero-order chi connectivity index (χ0) is 15.5. The van der Waals surface area contributed by atoms with Gasteiger partial charge in [0.15, 0.2) is 0 Å². The highest BCUT2D eigenvalue weighted by Gasteiger charge is 2.14. The highest BCUT2D eigenvalue weighted by molar-refractivity contribution is 7.89. The van der Waals surface area contributed by atoms with E-state index in [2.05, 4.69) is 9.71 Å². The van der Waals surface area contributed by atoms with Crippen molar-refractivity contribution < 1.29 is 8.42 Å². The Morgan fingerprint density at radius 3 is 2.52 bits per heavy atom. The van der Waals surface area contributed by atoms with E-state index in [-0.39, 0.29) is 16.6 Å².